The molecule has 0 aliphatic rings. The van der Waals surface area contributed by atoms with Crippen LogP contribution in [0.2, 0.25) is 5.02 Å². The highest BCUT2D eigenvalue weighted by molar-refractivity contribution is 6.34. The maximum atomic E-state index is 10.4. The van der Waals surface area contributed by atoms with E-state index in [4.69, 9.17) is 16.7 Å². The van der Waals surface area contributed by atoms with E-state index in [0.29, 0.717) is 22.9 Å². The maximum Gasteiger partial charge on any atom is 0.303 e. The number of H-pyrrole nitrogens is 1. The molecule has 0 aromatic carbocycles. The predicted molar refractivity (Wildman–Crippen MR) is 53.0 cm³/mol. The molecule has 0 radical (unpaired) electrons. The highest BCUT2D eigenvalue weighted by Gasteiger charge is 2.12. The molecule has 2 N–H and O–H groups in total. The summed E-state index contributed by atoms with van der Waals surface area (Å²) in [6.45, 7) is 1.82. The first-order valence-corrected chi connectivity index (χ1v) is 4.77. The summed E-state index contributed by atoms with van der Waals surface area (Å²) in [4.78, 5) is 14.5. The van der Waals surface area contributed by atoms with Crippen molar-refractivity contribution in [1.29, 1.82) is 0 Å². The number of nitrogens with one attached hydrogen (secondary N) is 1. The average molecular weight is 229 g/mol. The molecule has 2 rings (SSSR count). The highest BCUT2D eigenvalue weighted by Crippen LogP contribution is 2.19. The van der Waals surface area contributed by atoms with Gasteiger partial charge in [-0.3, -0.25) is 9.89 Å². The fourth-order valence-corrected chi connectivity index (χ4v) is 1.44. The van der Waals surface area contributed by atoms with Gasteiger partial charge in [-0.1, -0.05) is 11.6 Å². The summed E-state index contributed by atoms with van der Waals surface area (Å²) < 4.78 is 1.45. The van der Waals surface area contributed by atoms with E-state index in [1.807, 2.05) is 6.92 Å². The van der Waals surface area contributed by atoms with E-state index >= 15 is 0 Å². The van der Waals surface area contributed by atoms with Crippen molar-refractivity contribution in [1.82, 2.24) is 19.8 Å². The predicted octanol–water partition coefficient (Wildman–Crippen LogP) is 1.04. The molecule has 15 heavy (non-hydrogen) atoms. The minimum Gasteiger partial charge on any atom is -0.481 e. The second-order valence-corrected chi connectivity index (χ2v) is 3.59. The Morgan fingerprint density at radius 3 is 3.00 bits per heavy atom. The maximum absolute atomic E-state index is 10.4. The van der Waals surface area contributed by atoms with Crippen LogP contribution in [0.3, 0.4) is 0 Å². The van der Waals surface area contributed by atoms with Crippen LogP contribution >= 0.6 is 11.6 Å². The molecule has 0 atom stereocenters. The smallest absolute Gasteiger partial charge is 0.303 e. The van der Waals surface area contributed by atoms with Gasteiger partial charge in [0.15, 0.2) is 11.5 Å². The van der Waals surface area contributed by atoms with Gasteiger partial charge in [0.25, 0.3) is 0 Å². The molecule has 0 aliphatic heterocycles. The van der Waals surface area contributed by atoms with Gasteiger partial charge in [-0.25, -0.2) is 4.98 Å². The van der Waals surface area contributed by atoms with Gasteiger partial charge in [-0.15, -0.1) is 5.10 Å². The Hall–Kier alpha value is -1.56. The molecule has 2 aromatic rings. The van der Waals surface area contributed by atoms with Crippen LogP contribution in [0, 0.1) is 6.92 Å². The Labute approximate surface area is 89.9 Å². The molecule has 0 spiro atoms. The quantitative estimate of drug-likeness (QED) is 0.822. The number of carbonyl (C=O) groups is 1. The summed E-state index contributed by atoms with van der Waals surface area (Å²) in [7, 11) is 0. The SMILES string of the molecule is Cc1[nH]n2nc(CCC(=O)O)nc2c1Cl. The molecule has 80 valence electrons. The van der Waals surface area contributed by atoms with E-state index < -0.39 is 5.97 Å². The lowest BCUT2D eigenvalue weighted by molar-refractivity contribution is -0.137. The van der Waals surface area contributed by atoms with Crippen LogP contribution in [-0.4, -0.2) is 30.9 Å². The van der Waals surface area contributed by atoms with E-state index in [1.54, 1.807) is 0 Å². The molecule has 7 heteroatoms. The number of rotatable bonds is 3. The van der Waals surface area contributed by atoms with Crippen LogP contribution in [0.15, 0.2) is 0 Å². The summed E-state index contributed by atoms with van der Waals surface area (Å²) in [5.41, 5.74) is 1.33. The number of hydrogen-bond acceptors (Lipinski definition) is 3. The van der Waals surface area contributed by atoms with Crippen molar-refractivity contribution in [3.8, 4) is 0 Å². The second-order valence-electron chi connectivity index (χ2n) is 3.21. The summed E-state index contributed by atoms with van der Waals surface area (Å²) in [5, 5.41) is 16.0. The summed E-state index contributed by atoms with van der Waals surface area (Å²) in [6.07, 6.45) is 0.323. The van der Waals surface area contributed by atoms with E-state index in [-0.39, 0.29) is 6.42 Å². The van der Waals surface area contributed by atoms with E-state index in [9.17, 15) is 4.79 Å². The Morgan fingerprint density at radius 2 is 2.40 bits per heavy atom. The van der Waals surface area contributed by atoms with Crippen LogP contribution in [0.1, 0.15) is 17.9 Å². The van der Waals surface area contributed by atoms with E-state index in [1.165, 1.54) is 4.63 Å². The number of carboxylic acids is 1. The van der Waals surface area contributed by atoms with Crippen molar-refractivity contribution >= 4 is 23.2 Å². The zero-order chi connectivity index (χ0) is 11.0. The van der Waals surface area contributed by atoms with Crippen molar-refractivity contribution < 1.29 is 9.90 Å². The Kier molecular flexibility index (Phi) is 2.36. The number of aliphatic carboxylic acids is 1. The van der Waals surface area contributed by atoms with Crippen LogP contribution in [-0.2, 0) is 11.2 Å². The van der Waals surface area contributed by atoms with Crippen molar-refractivity contribution in [2.24, 2.45) is 0 Å². The fourth-order valence-electron chi connectivity index (χ4n) is 1.28. The van der Waals surface area contributed by atoms with Crippen molar-refractivity contribution in [3.63, 3.8) is 0 Å². The van der Waals surface area contributed by atoms with Crippen molar-refractivity contribution in [2.75, 3.05) is 0 Å². The van der Waals surface area contributed by atoms with Gasteiger partial charge in [-0.05, 0) is 6.92 Å². The van der Waals surface area contributed by atoms with Gasteiger partial charge in [0, 0.05) is 6.42 Å². The highest BCUT2D eigenvalue weighted by atomic mass is 35.5. The number of nitrogens with zero attached hydrogens (tertiary/aromatic N) is 3. The molecule has 0 fully saturated rings. The normalized spacial score (nSPS) is 11.1. The Morgan fingerprint density at radius 1 is 1.67 bits per heavy atom. The Bertz CT molecular complexity index is 516. The lowest BCUT2D eigenvalue weighted by Crippen LogP contribution is -1.99. The summed E-state index contributed by atoms with van der Waals surface area (Å²) in [6, 6.07) is 0. The van der Waals surface area contributed by atoms with E-state index in [0.717, 1.165) is 5.69 Å². The first kappa shape index (κ1) is 9.97. The van der Waals surface area contributed by atoms with Gasteiger partial charge >= 0.3 is 5.97 Å². The molecule has 0 saturated carbocycles. The van der Waals surface area contributed by atoms with Crippen LogP contribution in [0.25, 0.3) is 5.65 Å². The van der Waals surface area contributed by atoms with Crippen LogP contribution < -0.4 is 0 Å². The Balaban J connectivity index is 2.28. The van der Waals surface area contributed by atoms with Gasteiger partial charge in [-0.2, -0.15) is 4.63 Å². The third-order valence-corrected chi connectivity index (χ3v) is 2.47. The largest absolute Gasteiger partial charge is 0.481 e. The molecule has 0 aliphatic carbocycles. The molecule has 0 unspecified atom stereocenters. The molecule has 6 nitrogen and oxygen atoms in total. The molecule has 0 amide bonds. The molecular formula is C8H9ClN4O2. The minimum absolute atomic E-state index is 0.0176. The van der Waals surface area contributed by atoms with Crippen molar-refractivity contribution in [3.05, 3.63) is 16.5 Å². The zero-order valence-electron chi connectivity index (χ0n) is 7.99. The van der Waals surface area contributed by atoms with Crippen molar-refractivity contribution in [2.45, 2.75) is 19.8 Å². The molecule has 2 heterocycles. The van der Waals surface area contributed by atoms with Gasteiger partial charge in [0.2, 0.25) is 0 Å². The van der Waals surface area contributed by atoms with Gasteiger partial charge < -0.3 is 5.11 Å². The number of fused-ring (bicyclic) bond motifs is 1. The monoisotopic (exact) mass is 228 g/mol. The third kappa shape index (κ3) is 1.80. The van der Waals surface area contributed by atoms with Gasteiger partial charge in [0.1, 0.15) is 5.02 Å². The molecule has 0 saturated heterocycles. The number of carboxylic acid groups (broad SMARTS) is 1. The van der Waals surface area contributed by atoms with Crippen LogP contribution in [0.4, 0.5) is 0 Å². The first-order chi connectivity index (χ1) is 7.08. The zero-order valence-corrected chi connectivity index (χ0v) is 8.75. The lowest BCUT2D eigenvalue weighted by Gasteiger charge is -1.89. The van der Waals surface area contributed by atoms with Crippen LogP contribution in [0.5, 0.6) is 0 Å². The first-order valence-electron chi connectivity index (χ1n) is 4.39. The number of hydrogen-bond donors (Lipinski definition) is 2. The summed E-state index contributed by atoms with van der Waals surface area (Å²) >= 11 is 5.95. The van der Waals surface area contributed by atoms with E-state index in [2.05, 4.69) is 15.2 Å². The number of aryl methyl sites for hydroxylation is 2. The standard InChI is InChI=1S/C8H9ClN4O2/c1-4-7(9)8-10-5(2-3-6(14)15)12-13(8)11-4/h11H,2-3H2,1H3,(H,14,15). The number of aromatic amines is 1. The van der Waals surface area contributed by atoms with Gasteiger partial charge in [0.05, 0.1) is 12.1 Å². The average Bonchev–Trinajstić information content (AvgIpc) is 2.66. The number of halogens is 1. The second kappa shape index (κ2) is 3.54. The fraction of sp³-hybridized carbons (Fsp3) is 0.375. The minimum atomic E-state index is -0.865. The number of aromatic nitrogens is 4. The third-order valence-electron chi connectivity index (χ3n) is 2.01. The summed E-state index contributed by atoms with van der Waals surface area (Å²) in [5.74, 6) is -0.388. The molecular weight excluding hydrogens is 220 g/mol. The molecule has 2 aromatic heterocycles. The lowest BCUT2D eigenvalue weighted by atomic mass is 10.3. The topological polar surface area (TPSA) is 83.3 Å². The molecule has 0 bridgehead atoms.